The minimum Gasteiger partial charge on any atom is -0.376 e. The van der Waals surface area contributed by atoms with Crippen LogP contribution in [-0.2, 0) is 4.79 Å². The lowest BCUT2D eigenvalue weighted by atomic mass is 10.3. The first kappa shape index (κ1) is 14.5. The topological polar surface area (TPSA) is 70.2 Å². The molecule has 3 N–H and O–H groups in total. The SMILES string of the molecule is O=C(CNc1ccccc1)NC(=O)Nc1ccccc1F. The molecule has 0 radical (unpaired) electrons. The third-order valence-corrected chi connectivity index (χ3v) is 2.60. The number of rotatable bonds is 4. The monoisotopic (exact) mass is 287 g/mol. The number of carbonyl (C=O) groups excluding carboxylic acids is 2. The average molecular weight is 287 g/mol. The van der Waals surface area contributed by atoms with Crippen LogP contribution >= 0.6 is 0 Å². The maximum Gasteiger partial charge on any atom is 0.326 e. The summed E-state index contributed by atoms with van der Waals surface area (Å²) in [6.45, 7) is -0.0608. The van der Waals surface area contributed by atoms with E-state index in [0.29, 0.717) is 0 Å². The zero-order chi connectivity index (χ0) is 15.1. The van der Waals surface area contributed by atoms with E-state index in [1.165, 1.54) is 18.2 Å². The molecular formula is C15H14FN3O2. The Morgan fingerprint density at radius 3 is 2.33 bits per heavy atom. The smallest absolute Gasteiger partial charge is 0.326 e. The van der Waals surface area contributed by atoms with Gasteiger partial charge in [-0.25, -0.2) is 9.18 Å². The number of anilines is 2. The number of hydrogen-bond acceptors (Lipinski definition) is 3. The number of halogens is 1. The second kappa shape index (κ2) is 7.04. The Morgan fingerprint density at radius 2 is 1.62 bits per heavy atom. The number of amides is 3. The Labute approximate surface area is 121 Å². The van der Waals surface area contributed by atoms with E-state index in [9.17, 15) is 14.0 Å². The predicted octanol–water partition coefficient (Wildman–Crippen LogP) is 2.59. The molecule has 0 atom stereocenters. The van der Waals surface area contributed by atoms with E-state index >= 15 is 0 Å². The van der Waals surface area contributed by atoms with Gasteiger partial charge in [0.1, 0.15) is 5.82 Å². The van der Waals surface area contributed by atoms with Crippen LogP contribution in [0.2, 0.25) is 0 Å². The van der Waals surface area contributed by atoms with Gasteiger partial charge in [-0.2, -0.15) is 0 Å². The van der Waals surface area contributed by atoms with E-state index in [1.807, 2.05) is 18.2 Å². The van der Waals surface area contributed by atoms with Crippen molar-refractivity contribution in [3.8, 4) is 0 Å². The summed E-state index contributed by atoms with van der Waals surface area (Å²) in [7, 11) is 0. The molecule has 108 valence electrons. The fourth-order valence-electron chi connectivity index (χ4n) is 1.63. The maximum absolute atomic E-state index is 13.3. The standard InChI is InChI=1S/C15H14FN3O2/c16-12-8-4-5-9-13(12)18-15(21)19-14(20)10-17-11-6-2-1-3-7-11/h1-9,17H,10H2,(H2,18,19,20,21). The van der Waals surface area contributed by atoms with Gasteiger partial charge in [0.25, 0.3) is 0 Å². The van der Waals surface area contributed by atoms with Gasteiger partial charge in [0.2, 0.25) is 5.91 Å². The van der Waals surface area contributed by atoms with Crippen LogP contribution in [-0.4, -0.2) is 18.5 Å². The van der Waals surface area contributed by atoms with Gasteiger partial charge >= 0.3 is 6.03 Å². The van der Waals surface area contributed by atoms with Gasteiger partial charge in [0.05, 0.1) is 12.2 Å². The number of hydrogen-bond donors (Lipinski definition) is 3. The van der Waals surface area contributed by atoms with Crippen molar-refractivity contribution in [2.75, 3.05) is 17.2 Å². The molecule has 0 saturated carbocycles. The largest absolute Gasteiger partial charge is 0.376 e. The molecule has 5 nitrogen and oxygen atoms in total. The molecule has 2 rings (SSSR count). The van der Waals surface area contributed by atoms with Crippen LogP contribution < -0.4 is 16.0 Å². The molecule has 3 amide bonds. The number of urea groups is 1. The van der Waals surface area contributed by atoms with Gasteiger partial charge in [-0.15, -0.1) is 0 Å². The number of carbonyl (C=O) groups is 2. The molecule has 6 heteroatoms. The Hall–Kier alpha value is -2.89. The highest BCUT2D eigenvalue weighted by molar-refractivity contribution is 6.02. The number of imide groups is 1. The van der Waals surface area contributed by atoms with Crippen molar-refractivity contribution in [2.24, 2.45) is 0 Å². The van der Waals surface area contributed by atoms with Crippen molar-refractivity contribution in [1.82, 2.24) is 5.32 Å². The lowest BCUT2D eigenvalue weighted by Crippen LogP contribution is -2.38. The summed E-state index contributed by atoms with van der Waals surface area (Å²) in [4.78, 5) is 23.1. The van der Waals surface area contributed by atoms with Crippen molar-refractivity contribution in [1.29, 1.82) is 0 Å². The zero-order valence-electron chi connectivity index (χ0n) is 11.1. The van der Waals surface area contributed by atoms with E-state index in [2.05, 4.69) is 16.0 Å². The molecule has 0 aliphatic rings. The highest BCUT2D eigenvalue weighted by atomic mass is 19.1. The quantitative estimate of drug-likeness (QED) is 0.809. The van der Waals surface area contributed by atoms with Crippen LogP contribution in [0, 0.1) is 5.82 Å². The van der Waals surface area contributed by atoms with Crippen molar-refractivity contribution >= 4 is 23.3 Å². The molecule has 0 saturated heterocycles. The molecule has 2 aromatic rings. The normalized spacial score (nSPS) is 9.76. The Morgan fingerprint density at radius 1 is 0.952 bits per heavy atom. The third kappa shape index (κ3) is 4.61. The molecule has 0 aromatic heterocycles. The molecule has 0 fully saturated rings. The van der Waals surface area contributed by atoms with Gasteiger partial charge < -0.3 is 10.6 Å². The van der Waals surface area contributed by atoms with Gasteiger partial charge in [-0.1, -0.05) is 30.3 Å². The maximum atomic E-state index is 13.3. The molecule has 2 aromatic carbocycles. The van der Waals surface area contributed by atoms with Crippen LogP contribution in [0.5, 0.6) is 0 Å². The van der Waals surface area contributed by atoms with Crippen LogP contribution in [0.25, 0.3) is 0 Å². The van der Waals surface area contributed by atoms with E-state index in [4.69, 9.17) is 0 Å². The van der Waals surface area contributed by atoms with Crippen molar-refractivity contribution in [3.63, 3.8) is 0 Å². The lowest BCUT2D eigenvalue weighted by molar-refractivity contribution is -0.118. The van der Waals surface area contributed by atoms with Crippen LogP contribution in [0.1, 0.15) is 0 Å². The predicted molar refractivity (Wildman–Crippen MR) is 78.5 cm³/mol. The summed E-state index contributed by atoms with van der Waals surface area (Å²) in [5.41, 5.74) is 0.779. The molecule has 0 spiro atoms. The summed E-state index contributed by atoms with van der Waals surface area (Å²) in [5.74, 6) is -1.09. The first-order valence-electron chi connectivity index (χ1n) is 6.29. The van der Waals surface area contributed by atoms with E-state index in [-0.39, 0.29) is 12.2 Å². The molecule has 0 aliphatic carbocycles. The number of benzene rings is 2. The van der Waals surface area contributed by atoms with E-state index in [0.717, 1.165) is 5.69 Å². The Balaban J connectivity index is 1.80. The zero-order valence-corrected chi connectivity index (χ0v) is 11.1. The van der Waals surface area contributed by atoms with Gasteiger partial charge in [0, 0.05) is 5.69 Å². The van der Waals surface area contributed by atoms with Gasteiger partial charge in [-0.05, 0) is 24.3 Å². The van der Waals surface area contributed by atoms with Crippen molar-refractivity contribution in [2.45, 2.75) is 0 Å². The number of para-hydroxylation sites is 2. The number of nitrogens with one attached hydrogen (secondary N) is 3. The third-order valence-electron chi connectivity index (χ3n) is 2.60. The average Bonchev–Trinajstić information content (AvgIpc) is 2.48. The van der Waals surface area contributed by atoms with Crippen LogP contribution in [0.4, 0.5) is 20.6 Å². The first-order valence-corrected chi connectivity index (χ1v) is 6.29. The summed E-state index contributed by atoms with van der Waals surface area (Å²) >= 11 is 0. The van der Waals surface area contributed by atoms with Crippen LogP contribution in [0.3, 0.4) is 0 Å². The van der Waals surface area contributed by atoms with Crippen molar-refractivity contribution < 1.29 is 14.0 Å². The minimum atomic E-state index is -0.778. The second-order valence-corrected chi connectivity index (χ2v) is 4.20. The highest BCUT2D eigenvalue weighted by Crippen LogP contribution is 2.11. The second-order valence-electron chi connectivity index (χ2n) is 4.20. The summed E-state index contributed by atoms with van der Waals surface area (Å²) < 4.78 is 13.3. The first-order chi connectivity index (χ1) is 10.1. The summed E-state index contributed by atoms with van der Waals surface area (Å²) in [6, 6.07) is 14.0. The van der Waals surface area contributed by atoms with Gasteiger partial charge in [0.15, 0.2) is 0 Å². The van der Waals surface area contributed by atoms with E-state index in [1.54, 1.807) is 18.2 Å². The Bertz CT molecular complexity index is 632. The Kier molecular flexibility index (Phi) is 4.87. The molecule has 0 heterocycles. The molecule has 0 aliphatic heterocycles. The summed E-state index contributed by atoms with van der Waals surface area (Å²) in [6.07, 6.45) is 0. The van der Waals surface area contributed by atoms with E-state index < -0.39 is 17.8 Å². The molecule has 0 unspecified atom stereocenters. The molecule has 0 bridgehead atoms. The highest BCUT2D eigenvalue weighted by Gasteiger charge is 2.09. The fraction of sp³-hybridized carbons (Fsp3) is 0.0667. The minimum absolute atomic E-state index is 0.0128. The van der Waals surface area contributed by atoms with Crippen LogP contribution in [0.15, 0.2) is 54.6 Å². The lowest BCUT2D eigenvalue weighted by Gasteiger charge is -2.08. The fourth-order valence-corrected chi connectivity index (χ4v) is 1.63. The molecule has 21 heavy (non-hydrogen) atoms. The summed E-state index contributed by atoms with van der Waals surface area (Å²) in [5, 5.41) is 7.23. The van der Waals surface area contributed by atoms with Gasteiger partial charge in [-0.3, -0.25) is 10.1 Å². The molecular weight excluding hydrogens is 273 g/mol. The van der Waals surface area contributed by atoms with Crippen molar-refractivity contribution in [3.05, 3.63) is 60.4 Å².